The van der Waals surface area contributed by atoms with Gasteiger partial charge in [0.15, 0.2) is 5.60 Å². The molecule has 1 aliphatic rings. The van der Waals surface area contributed by atoms with Crippen LogP contribution in [0.4, 0.5) is 0 Å². The highest BCUT2D eigenvalue weighted by atomic mass is 16.5. The average molecular weight is 370 g/mol. The van der Waals surface area contributed by atoms with Crippen molar-refractivity contribution < 1.29 is 9.53 Å². The molecule has 0 N–H and O–H groups in total. The van der Waals surface area contributed by atoms with Crippen molar-refractivity contribution in [2.75, 3.05) is 0 Å². The minimum atomic E-state index is -0.953. The van der Waals surface area contributed by atoms with Gasteiger partial charge in [0.1, 0.15) is 5.75 Å². The summed E-state index contributed by atoms with van der Waals surface area (Å²) >= 11 is 0. The maximum Gasteiger partial charge on any atom is 0.203 e. The number of rotatable bonds is 6. The molecule has 4 rings (SSSR count). The quantitative estimate of drug-likeness (QED) is 0.497. The molecule has 28 heavy (non-hydrogen) atoms. The molecule has 3 aromatic carbocycles. The van der Waals surface area contributed by atoms with Crippen LogP contribution in [0.1, 0.15) is 49.8 Å². The third kappa shape index (κ3) is 3.03. The lowest BCUT2D eigenvalue weighted by atomic mass is 9.78. The highest BCUT2D eigenvalue weighted by Gasteiger charge is 2.43. The Bertz CT molecular complexity index is 1050. The second kappa shape index (κ2) is 7.63. The van der Waals surface area contributed by atoms with Crippen molar-refractivity contribution in [1.29, 1.82) is 0 Å². The first kappa shape index (κ1) is 18.5. The van der Waals surface area contributed by atoms with E-state index in [0.717, 1.165) is 36.1 Å². The lowest BCUT2D eigenvalue weighted by molar-refractivity contribution is -0.131. The van der Waals surface area contributed by atoms with Crippen molar-refractivity contribution in [2.24, 2.45) is 0 Å². The second-order valence-electron chi connectivity index (χ2n) is 7.48. The van der Waals surface area contributed by atoms with E-state index in [1.165, 1.54) is 16.3 Å². The SMILES string of the molecule is CCCc1c(OC2(CCC)C(=O)C=Cc3ccccc32)ccc2ccccc12. The molecule has 2 heteroatoms. The van der Waals surface area contributed by atoms with Crippen LogP contribution >= 0.6 is 0 Å². The summed E-state index contributed by atoms with van der Waals surface area (Å²) in [5.74, 6) is 0.858. The Morgan fingerprint density at radius 2 is 1.64 bits per heavy atom. The Labute approximate surface area is 166 Å². The predicted molar refractivity (Wildman–Crippen MR) is 116 cm³/mol. The molecule has 142 valence electrons. The van der Waals surface area contributed by atoms with Crippen LogP contribution in [0.15, 0.2) is 66.7 Å². The molecule has 0 aromatic heterocycles. The van der Waals surface area contributed by atoms with Gasteiger partial charge in [-0.3, -0.25) is 4.79 Å². The summed E-state index contributed by atoms with van der Waals surface area (Å²) in [5, 5.41) is 2.42. The number of fused-ring (bicyclic) bond motifs is 2. The topological polar surface area (TPSA) is 26.3 Å². The van der Waals surface area contributed by atoms with Crippen molar-refractivity contribution in [3.8, 4) is 5.75 Å². The van der Waals surface area contributed by atoms with E-state index >= 15 is 0 Å². The number of ketones is 1. The van der Waals surface area contributed by atoms with Gasteiger partial charge in [-0.2, -0.15) is 0 Å². The zero-order valence-corrected chi connectivity index (χ0v) is 16.6. The van der Waals surface area contributed by atoms with Gasteiger partial charge in [-0.15, -0.1) is 0 Å². The van der Waals surface area contributed by atoms with Gasteiger partial charge >= 0.3 is 0 Å². The summed E-state index contributed by atoms with van der Waals surface area (Å²) in [6, 6.07) is 20.6. The molecule has 0 fully saturated rings. The van der Waals surface area contributed by atoms with E-state index < -0.39 is 5.60 Å². The Kier molecular flexibility index (Phi) is 5.04. The molecule has 0 saturated heterocycles. The second-order valence-corrected chi connectivity index (χ2v) is 7.48. The Balaban J connectivity index is 1.89. The monoisotopic (exact) mass is 370 g/mol. The van der Waals surface area contributed by atoms with Crippen molar-refractivity contribution in [2.45, 2.75) is 45.1 Å². The maximum atomic E-state index is 13.2. The average Bonchev–Trinajstić information content (AvgIpc) is 2.73. The lowest BCUT2D eigenvalue weighted by Crippen LogP contribution is -2.43. The van der Waals surface area contributed by atoms with Gasteiger partial charge < -0.3 is 4.74 Å². The molecule has 0 amide bonds. The number of carbonyl (C=O) groups is 1. The van der Waals surface area contributed by atoms with Gasteiger partial charge in [0, 0.05) is 11.1 Å². The maximum absolute atomic E-state index is 13.2. The van der Waals surface area contributed by atoms with E-state index in [9.17, 15) is 4.79 Å². The fourth-order valence-corrected chi connectivity index (χ4v) is 4.32. The summed E-state index contributed by atoms with van der Waals surface area (Å²) < 4.78 is 6.71. The third-order valence-electron chi connectivity index (χ3n) is 5.59. The minimum Gasteiger partial charge on any atom is -0.474 e. The van der Waals surface area contributed by atoms with Gasteiger partial charge in [0.05, 0.1) is 0 Å². The largest absolute Gasteiger partial charge is 0.474 e. The van der Waals surface area contributed by atoms with Crippen LogP contribution in [-0.2, 0) is 16.8 Å². The molecule has 0 saturated carbocycles. The number of carbonyl (C=O) groups excluding carboxylic acids is 1. The molecule has 1 aliphatic carbocycles. The summed E-state index contributed by atoms with van der Waals surface area (Å²) in [4.78, 5) is 13.2. The molecule has 0 spiro atoms. The summed E-state index contributed by atoms with van der Waals surface area (Å²) in [5.41, 5.74) is 2.27. The fraction of sp³-hybridized carbons (Fsp3) is 0.269. The summed E-state index contributed by atoms with van der Waals surface area (Å²) in [7, 11) is 0. The molecule has 3 aromatic rings. The molecule has 0 bridgehead atoms. The van der Waals surface area contributed by atoms with Gasteiger partial charge in [0.2, 0.25) is 5.78 Å². The zero-order valence-electron chi connectivity index (χ0n) is 16.6. The van der Waals surface area contributed by atoms with E-state index in [1.807, 2.05) is 30.3 Å². The highest BCUT2D eigenvalue weighted by molar-refractivity contribution is 6.04. The molecule has 0 heterocycles. The summed E-state index contributed by atoms with van der Waals surface area (Å²) in [6.45, 7) is 4.28. The first-order valence-corrected chi connectivity index (χ1v) is 10.2. The van der Waals surface area contributed by atoms with Gasteiger partial charge in [-0.25, -0.2) is 0 Å². The van der Waals surface area contributed by atoms with Crippen LogP contribution in [0.25, 0.3) is 16.8 Å². The van der Waals surface area contributed by atoms with E-state index in [4.69, 9.17) is 4.74 Å². The fourth-order valence-electron chi connectivity index (χ4n) is 4.32. The van der Waals surface area contributed by atoms with Crippen LogP contribution in [-0.4, -0.2) is 5.78 Å². The third-order valence-corrected chi connectivity index (χ3v) is 5.59. The van der Waals surface area contributed by atoms with Crippen molar-refractivity contribution in [1.82, 2.24) is 0 Å². The van der Waals surface area contributed by atoms with Crippen LogP contribution in [0.2, 0.25) is 0 Å². The van der Waals surface area contributed by atoms with E-state index in [0.29, 0.717) is 6.42 Å². The van der Waals surface area contributed by atoms with Gasteiger partial charge in [-0.05, 0) is 41.3 Å². The van der Waals surface area contributed by atoms with Crippen LogP contribution in [0.5, 0.6) is 5.75 Å². The van der Waals surface area contributed by atoms with Gasteiger partial charge in [0.25, 0.3) is 0 Å². The molecular formula is C26H26O2. The number of aryl methyl sites for hydroxylation is 1. The van der Waals surface area contributed by atoms with Crippen molar-refractivity contribution in [3.05, 3.63) is 83.4 Å². The standard InChI is InChI=1S/C26H26O2/c1-3-9-22-21-12-7-5-10-19(21)14-16-24(22)28-26(18-4-2)23-13-8-6-11-20(23)15-17-25(26)27/h5-8,10-17H,3-4,9,18H2,1-2H3. The van der Waals surface area contributed by atoms with E-state index in [2.05, 4.69) is 50.2 Å². The lowest BCUT2D eigenvalue weighted by Gasteiger charge is -2.36. The smallest absolute Gasteiger partial charge is 0.203 e. The number of ether oxygens (including phenoxy) is 1. The Morgan fingerprint density at radius 3 is 2.46 bits per heavy atom. The van der Waals surface area contributed by atoms with Crippen LogP contribution in [0, 0.1) is 0 Å². The first-order chi connectivity index (χ1) is 13.7. The number of hydrogen-bond donors (Lipinski definition) is 0. The van der Waals surface area contributed by atoms with Crippen LogP contribution in [0.3, 0.4) is 0 Å². The van der Waals surface area contributed by atoms with Crippen LogP contribution < -0.4 is 4.74 Å². The predicted octanol–water partition coefficient (Wildman–Crippen LogP) is 6.46. The Morgan fingerprint density at radius 1 is 0.857 bits per heavy atom. The van der Waals surface area contributed by atoms with E-state index in [1.54, 1.807) is 6.08 Å². The van der Waals surface area contributed by atoms with Crippen molar-refractivity contribution >= 4 is 22.6 Å². The highest BCUT2D eigenvalue weighted by Crippen LogP contribution is 2.41. The number of benzene rings is 3. The van der Waals surface area contributed by atoms with E-state index in [-0.39, 0.29) is 5.78 Å². The van der Waals surface area contributed by atoms with Crippen molar-refractivity contribution in [3.63, 3.8) is 0 Å². The Hall–Kier alpha value is -2.87. The summed E-state index contributed by atoms with van der Waals surface area (Å²) in [6.07, 6.45) is 7.05. The molecule has 2 nitrogen and oxygen atoms in total. The minimum absolute atomic E-state index is 0.0312. The first-order valence-electron chi connectivity index (χ1n) is 10.2. The zero-order chi connectivity index (χ0) is 19.6. The number of hydrogen-bond acceptors (Lipinski definition) is 2. The van der Waals surface area contributed by atoms with Gasteiger partial charge in [-0.1, -0.05) is 87.4 Å². The molecular weight excluding hydrogens is 344 g/mol. The molecule has 1 atom stereocenters. The normalized spacial score (nSPS) is 18.3. The molecule has 0 radical (unpaired) electrons. The molecule has 0 aliphatic heterocycles. The molecule has 1 unspecified atom stereocenters.